The number of carbonyl (C=O) groups excluding carboxylic acids is 1. The van der Waals surface area contributed by atoms with Crippen LogP contribution >= 0.6 is 11.3 Å². The molecule has 2 amide bonds. The molecule has 1 N–H and O–H groups in total. The number of methoxy groups -OCH3 is 1. The maximum absolute atomic E-state index is 14.0. The van der Waals surface area contributed by atoms with Crippen LogP contribution in [0.2, 0.25) is 0 Å². The topological polar surface area (TPSA) is 46.5 Å². The third kappa shape index (κ3) is 3.99. The maximum atomic E-state index is 14.0. The molecule has 0 bridgehead atoms. The summed E-state index contributed by atoms with van der Waals surface area (Å²) in [5.41, 5.74) is 7.01. The summed E-state index contributed by atoms with van der Waals surface area (Å²) in [6.45, 7) is 2.72. The molecule has 4 aromatic rings. The molecule has 36 heavy (non-hydrogen) atoms. The minimum atomic E-state index is -0.223. The van der Waals surface area contributed by atoms with E-state index in [-0.39, 0.29) is 12.1 Å². The quantitative estimate of drug-likeness (QED) is 0.326. The Kier molecular flexibility index (Phi) is 6.05. The Hall–Kier alpha value is -3.51. The van der Waals surface area contributed by atoms with Crippen molar-refractivity contribution in [1.29, 1.82) is 0 Å². The van der Waals surface area contributed by atoms with E-state index in [0.29, 0.717) is 6.54 Å². The summed E-state index contributed by atoms with van der Waals surface area (Å²) in [5.74, 6) is 0.808. The Bertz CT molecular complexity index is 1380. The molecule has 3 heterocycles. The first-order valence-corrected chi connectivity index (χ1v) is 13.6. The van der Waals surface area contributed by atoms with Crippen molar-refractivity contribution in [1.82, 2.24) is 9.47 Å². The minimum absolute atomic E-state index is 0.0866. The number of aryl methyl sites for hydroxylation is 2. The normalized spacial score (nSPS) is 16.5. The predicted octanol–water partition coefficient (Wildman–Crippen LogP) is 7.13. The number of hydrogen-bond acceptors (Lipinski definition) is 3. The second-order valence-corrected chi connectivity index (χ2v) is 10.7. The molecule has 184 valence electrons. The Labute approximate surface area is 216 Å². The van der Waals surface area contributed by atoms with Gasteiger partial charge in [-0.2, -0.15) is 0 Å². The van der Waals surface area contributed by atoms with Gasteiger partial charge in [0.25, 0.3) is 0 Å². The Morgan fingerprint density at radius 2 is 1.81 bits per heavy atom. The summed E-state index contributed by atoms with van der Waals surface area (Å²) in [6, 6.07) is 20.2. The van der Waals surface area contributed by atoms with E-state index in [4.69, 9.17) is 4.74 Å². The van der Waals surface area contributed by atoms with Crippen molar-refractivity contribution >= 4 is 23.1 Å². The first-order chi connectivity index (χ1) is 17.7. The number of anilines is 1. The van der Waals surface area contributed by atoms with Crippen LogP contribution in [0.25, 0.3) is 5.00 Å². The second-order valence-electron chi connectivity index (χ2n) is 9.58. The highest BCUT2D eigenvalue weighted by Gasteiger charge is 2.36. The summed E-state index contributed by atoms with van der Waals surface area (Å²) in [5, 5.41) is 4.46. The number of hydrogen-bond donors (Lipinski definition) is 1. The number of rotatable bonds is 4. The summed E-state index contributed by atoms with van der Waals surface area (Å²) in [6.07, 6.45) is 7.82. The SMILES string of the molecule is CCc1ccc(NC(=O)N2Cc3c(sc4c3CCCC4)-n3cccc3[C@@H]2c2ccc(OC)cc2)cc1. The number of amides is 2. The molecular weight excluding hydrogens is 466 g/mol. The van der Waals surface area contributed by atoms with E-state index in [9.17, 15) is 4.79 Å². The molecule has 1 atom stereocenters. The van der Waals surface area contributed by atoms with Gasteiger partial charge in [0, 0.05) is 22.3 Å². The van der Waals surface area contributed by atoms with Crippen LogP contribution in [0.5, 0.6) is 5.75 Å². The fourth-order valence-electron chi connectivity index (χ4n) is 5.54. The zero-order chi connectivity index (χ0) is 24.6. The van der Waals surface area contributed by atoms with Gasteiger partial charge in [0.15, 0.2) is 0 Å². The zero-order valence-electron chi connectivity index (χ0n) is 20.8. The Morgan fingerprint density at radius 1 is 1.03 bits per heavy atom. The van der Waals surface area contributed by atoms with Crippen LogP contribution in [-0.4, -0.2) is 22.6 Å². The van der Waals surface area contributed by atoms with Gasteiger partial charge in [0.2, 0.25) is 0 Å². The number of nitrogens with zero attached hydrogens (tertiary/aromatic N) is 2. The van der Waals surface area contributed by atoms with Crippen molar-refractivity contribution in [2.24, 2.45) is 0 Å². The summed E-state index contributed by atoms with van der Waals surface area (Å²) in [4.78, 5) is 17.5. The second kappa shape index (κ2) is 9.51. The van der Waals surface area contributed by atoms with Crippen molar-refractivity contribution in [3.63, 3.8) is 0 Å². The first kappa shape index (κ1) is 22.9. The van der Waals surface area contributed by atoms with Crippen molar-refractivity contribution in [3.05, 3.63) is 99.7 Å². The third-order valence-corrected chi connectivity index (χ3v) is 8.82. The van der Waals surface area contributed by atoms with Gasteiger partial charge in [-0.1, -0.05) is 31.2 Å². The van der Waals surface area contributed by atoms with E-state index in [1.165, 1.54) is 39.4 Å². The van der Waals surface area contributed by atoms with Crippen molar-refractivity contribution in [2.75, 3.05) is 12.4 Å². The lowest BCUT2D eigenvalue weighted by Gasteiger charge is -2.31. The van der Waals surface area contributed by atoms with Crippen LogP contribution in [0.1, 0.15) is 58.6 Å². The monoisotopic (exact) mass is 497 g/mol. The van der Waals surface area contributed by atoms with Gasteiger partial charge in [-0.15, -0.1) is 11.3 Å². The van der Waals surface area contributed by atoms with Gasteiger partial charge in [-0.25, -0.2) is 4.79 Å². The maximum Gasteiger partial charge on any atom is 0.322 e. The van der Waals surface area contributed by atoms with E-state index in [2.05, 4.69) is 59.4 Å². The molecule has 0 saturated heterocycles. The Balaban J connectivity index is 1.46. The highest BCUT2D eigenvalue weighted by Crippen LogP contribution is 2.44. The molecule has 6 rings (SSSR count). The highest BCUT2D eigenvalue weighted by molar-refractivity contribution is 7.15. The largest absolute Gasteiger partial charge is 0.497 e. The number of aromatic nitrogens is 1. The van der Waals surface area contributed by atoms with E-state index in [1.54, 1.807) is 7.11 Å². The van der Waals surface area contributed by atoms with Crippen molar-refractivity contribution in [3.8, 4) is 10.8 Å². The molecular formula is C30H31N3O2S. The number of urea groups is 1. The fourth-order valence-corrected chi connectivity index (χ4v) is 6.95. The van der Waals surface area contributed by atoms with Crippen molar-refractivity contribution in [2.45, 2.75) is 51.6 Å². The number of thiophene rings is 1. The highest BCUT2D eigenvalue weighted by atomic mass is 32.1. The molecule has 0 spiro atoms. The smallest absolute Gasteiger partial charge is 0.322 e. The summed E-state index contributed by atoms with van der Waals surface area (Å²) >= 11 is 1.91. The van der Waals surface area contributed by atoms with Crippen LogP contribution in [0.15, 0.2) is 66.9 Å². The molecule has 1 aliphatic heterocycles. The molecule has 0 radical (unpaired) electrons. The molecule has 0 unspecified atom stereocenters. The molecule has 0 saturated carbocycles. The van der Waals surface area contributed by atoms with Gasteiger partial charge in [-0.3, -0.25) is 0 Å². The third-order valence-electron chi connectivity index (χ3n) is 7.48. The average Bonchev–Trinajstić information content (AvgIpc) is 3.51. The minimum Gasteiger partial charge on any atom is -0.497 e. The average molecular weight is 498 g/mol. The number of carbonyl (C=O) groups is 1. The standard InChI is InChI=1S/C30H31N3O2S/c1-3-20-10-14-22(15-11-20)31-30(34)33-19-25-24-7-4-5-9-27(24)36-29(25)32-18-6-8-26(32)28(33)21-12-16-23(35-2)17-13-21/h6,8,10-18,28H,3-5,7,9,19H2,1-2H3,(H,31,34)/t28-/m0/s1. The van der Waals surface area contributed by atoms with E-state index in [1.807, 2.05) is 40.5 Å². The molecule has 5 nitrogen and oxygen atoms in total. The lowest BCUT2D eigenvalue weighted by Crippen LogP contribution is -2.38. The molecule has 6 heteroatoms. The zero-order valence-corrected chi connectivity index (χ0v) is 21.6. The Morgan fingerprint density at radius 3 is 2.56 bits per heavy atom. The molecule has 2 aromatic carbocycles. The van der Waals surface area contributed by atoms with Gasteiger partial charge in [0.1, 0.15) is 10.8 Å². The van der Waals surface area contributed by atoms with Crippen LogP contribution < -0.4 is 10.1 Å². The van der Waals surface area contributed by atoms with Gasteiger partial charge < -0.3 is 19.5 Å². The van der Waals surface area contributed by atoms with Gasteiger partial charge >= 0.3 is 6.03 Å². The molecule has 2 aromatic heterocycles. The number of fused-ring (bicyclic) bond motifs is 5. The number of nitrogens with one attached hydrogen (secondary N) is 1. The van der Waals surface area contributed by atoms with E-state index < -0.39 is 0 Å². The van der Waals surface area contributed by atoms with Crippen LogP contribution in [0.3, 0.4) is 0 Å². The molecule has 1 aliphatic carbocycles. The predicted molar refractivity (Wildman–Crippen MR) is 146 cm³/mol. The van der Waals surface area contributed by atoms with Crippen molar-refractivity contribution < 1.29 is 9.53 Å². The summed E-state index contributed by atoms with van der Waals surface area (Å²) < 4.78 is 7.73. The van der Waals surface area contributed by atoms with E-state index in [0.717, 1.165) is 42.0 Å². The van der Waals surface area contributed by atoms with Crippen LogP contribution in [-0.2, 0) is 25.8 Å². The van der Waals surface area contributed by atoms with Crippen LogP contribution in [0, 0.1) is 0 Å². The summed E-state index contributed by atoms with van der Waals surface area (Å²) in [7, 11) is 1.68. The van der Waals surface area contributed by atoms with Crippen LogP contribution in [0.4, 0.5) is 10.5 Å². The number of ether oxygens (including phenoxy) is 1. The fraction of sp³-hybridized carbons (Fsp3) is 0.300. The number of benzene rings is 2. The molecule has 0 fully saturated rings. The molecule has 2 aliphatic rings. The first-order valence-electron chi connectivity index (χ1n) is 12.8. The lowest BCUT2D eigenvalue weighted by atomic mass is 9.95. The van der Waals surface area contributed by atoms with E-state index >= 15 is 0 Å². The lowest BCUT2D eigenvalue weighted by molar-refractivity contribution is 0.194. The van der Waals surface area contributed by atoms with Gasteiger partial charge in [0.05, 0.1) is 25.4 Å². The van der Waals surface area contributed by atoms with Gasteiger partial charge in [-0.05, 0) is 85.2 Å².